The van der Waals surface area contributed by atoms with Crippen molar-refractivity contribution < 1.29 is 37.3 Å². The highest BCUT2D eigenvalue weighted by atomic mass is 19.4. The molecule has 2 aliphatic rings. The van der Waals surface area contributed by atoms with Crippen molar-refractivity contribution in [3.05, 3.63) is 35.4 Å². The van der Waals surface area contributed by atoms with E-state index < -0.39 is 29.6 Å². The summed E-state index contributed by atoms with van der Waals surface area (Å²) in [6.07, 6.45) is -6.36. The lowest BCUT2D eigenvalue weighted by Crippen LogP contribution is -2.57. The molecule has 2 atom stereocenters. The maximum absolute atomic E-state index is 13.1. The fourth-order valence-corrected chi connectivity index (χ4v) is 4.00. The van der Waals surface area contributed by atoms with Gasteiger partial charge < -0.3 is 24.4 Å². The largest absolute Gasteiger partial charge is 0.506 e. The van der Waals surface area contributed by atoms with Crippen molar-refractivity contribution in [2.24, 2.45) is 0 Å². The molecule has 2 heterocycles. The minimum Gasteiger partial charge on any atom is -0.450 e. The van der Waals surface area contributed by atoms with E-state index in [-0.39, 0.29) is 31.5 Å². The summed E-state index contributed by atoms with van der Waals surface area (Å²) in [4.78, 5) is 27.3. The van der Waals surface area contributed by atoms with Crippen molar-refractivity contribution in [2.45, 2.75) is 44.1 Å². The van der Waals surface area contributed by atoms with Crippen molar-refractivity contribution in [2.75, 3.05) is 32.8 Å². The standard InChI is InChI=1S/C20H25F3N2O5/c1-19(2)12-24(7-8-29-19)17(26)25-10-14(9-16(11-25)30-18(27)28)13-3-5-15(6-4-13)20(21,22)23/h3-6,14,16H,7-12H2,1-2H3,(H,27,28). The fraction of sp³-hybridized carbons (Fsp3) is 0.600. The number of amides is 2. The first-order valence-corrected chi connectivity index (χ1v) is 9.69. The molecule has 2 aliphatic heterocycles. The predicted octanol–water partition coefficient (Wildman–Crippen LogP) is 3.79. The Morgan fingerprint density at radius 1 is 1.17 bits per heavy atom. The van der Waals surface area contributed by atoms with Gasteiger partial charge in [0.25, 0.3) is 0 Å². The van der Waals surface area contributed by atoms with Crippen LogP contribution in [0.2, 0.25) is 0 Å². The Bertz CT molecular complexity index is 782. The van der Waals surface area contributed by atoms with Gasteiger partial charge in [0.2, 0.25) is 0 Å². The summed E-state index contributed by atoms with van der Waals surface area (Å²) in [6.45, 7) is 5.31. The number of morpholine rings is 1. The Balaban J connectivity index is 1.79. The van der Waals surface area contributed by atoms with Crippen molar-refractivity contribution in [3.8, 4) is 0 Å². The number of hydrogen-bond donors (Lipinski definition) is 1. The van der Waals surface area contributed by atoms with Crippen LogP contribution < -0.4 is 0 Å². The van der Waals surface area contributed by atoms with Gasteiger partial charge in [0.05, 0.1) is 30.9 Å². The van der Waals surface area contributed by atoms with Gasteiger partial charge in [-0.1, -0.05) is 12.1 Å². The molecule has 1 aromatic rings. The van der Waals surface area contributed by atoms with Crippen molar-refractivity contribution >= 4 is 12.2 Å². The lowest BCUT2D eigenvalue weighted by molar-refractivity contribution is -0.137. The molecule has 1 aromatic carbocycles. The third kappa shape index (κ3) is 5.35. The summed E-state index contributed by atoms with van der Waals surface area (Å²) >= 11 is 0. The number of carbonyl (C=O) groups is 2. The average molecular weight is 430 g/mol. The van der Waals surface area contributed by atoms with E-state index in [0.717, 1.165) is 12.1 Å². The van der Waals surface area contributed by atoms with E-state index in [2.05, 4.69) is 0 Å². The first kappa shape index (κ1) is 22.2. The van der Waals surface area contributed by atoms with E-state index >= 15 is 0 Å². The normalized spacial score (nSPS) is 24.4. The molecule has 30 heavy (non-hydrogen) atoms. The zero-order valence-electron chi connectivity index (χ0n) is 16.8. The molecule has 2 saturated heterocycles. The number of nitrogens with zero attached hydrogens (tertiary/aromatic N) is 2. The molecule has 2 fully saturated rings. The first-order valence-electron chi connectivity index (χ1n) is 9.69. The molecule has 3 rings (SSSR count). The number of piperidine rings is 1. The number of urea groups is 1. The third-order valence-corrected chi connectivity index (χ3v) is 5.36. The van der Waals surface area contributed by atoms with E-state index in [4.69, 9.17) is 14.6 Å². The Labute approximate surface area is 172 Å². The SMILES string of the molecule is CC1(C)CN(C(=O)N2CC(OC(=O)O)CC(c3ccc(C(F)(F)F)cc3)C2)CCO1. The maximum atomic E-state index is 13.1. The Hall–Kier alpha value is -2.49. The van der Waals surface area contributed by atoms with Gasteiger partial charge in [0, 0.05) is 19.0 Å². The number of halogens is 3. The van der Waals surface area contributed by atoms with E-state index in [1.807, 2.05) is 13.8 Å². The molecule has 7 nitrogen and oxygen atoms in total. The van der Waals surface area contributed by atoms with Gasteiger partial charge in [-0.05, 0) is 38.0 Å². The highest BCUT2D eigenvalue weighted by Crippen LogP contribution is 2.33. The van der Waals surface area contributed by atoms with Gasteiger partial charge in [0.1, 0.15) is 6.10 Å². The highest BCUT2D eigenvalue weighted by molar-refractivity contribution is 5.75. The van der Waals surface area contributed by atoms with Gasteiger partial charge in [-0.3, -0.25) is 0 Å². The fourth-order valence-electron chi connectivity index (χ4n) is 4.00. The smallest absolute Gasteiger partial charge is 0.450 e. The van der Waals surface area contributed by atoms with Gasteiger partial charge in [0.15, 0.2) is 0 Å². The van der Waals surface area contributed by atoms with Crippen LogP contribution in [0.1, 0.15) is 37.3 Å². The Kier molecular flexibility index (Phi) is 6.16. The quantitative estimate of drug-likeness (QED) is 0.723. The van der Waals surface area contributed by atoms with Crippen molar-refractivity contribution in [1.29, 1.82) is 0 Å². The Morgan fingerprint density at radius 3 is 2.40 bits per heavy atom. The lowest BCUT2D eigenvalue weighted by atomic mass is 9.88. The van der Waals surface area contributed by atoms with Crippen LogP contribution in [0.5, 0.6) is 0 Å². The number of rotatable bonds is 2. The average Bonchev–Trinajstić information content (AvgIpc) is 2.65. The zero-order chi connectivity index (χ0) is 22.1. The number of benzene rings is 1. The minimum absolute atomic E-state index is 0.0973. The minimum atomic E-state index is -4.44. The van der Waals surface area contributed by atoms with Crippen LogP contribution in [0.25, 0.3) is 0 Å². The molecule has 2 amide bonds. The second kappa shape index (κ2) is 8.33. The molecule has 0 aliphatic carbocycles. The van der Waals surface area contributed by atoms with Crippen LogP contribution in [0.4, 0.5) is 22.8 Å². The molecule has 0 aromatic heterocycles. The third-order valence-electron chi connectivity index (χ3n) is 5.36. The van der Waals surface area contributed by atoms with Crippen molar-refractivity contribution in [1.82, 2.24) is 9.80 Å². The van der Waals surface area contributed by atoms with Crippen LogP contribution >= 0.6 is 0 Å². The van der Waals surface area contributed by atoms with Crippen LogP contribution in [0.15, 0.2) is 24.3 Å². The summed E-state index contributed by atoms with van der Waals surface area (Å²) in [7, 11) is 0. The highest BCUT2D eigenvalue weighted by Gasteiger charge is 2.38. The Morgan fingerprint density at radius 2 is 1.83 bits per heavy atom. The van der Waals surface area contributed by atoms with Crippen LogP contribution in [-0.2, 0) is 15.7 Å². The van der Waals surface area contributed by atoms with E-state index in [0.29, 0.717) is 25.3 Å². The van der Waals surface area contributed by atoms with Gasteiger partial charge in [-0.15, -0.1) is 0 Å². The van der Waals surface area contributed by atoms with Gasteiger partial charge in [-0.25, -0.2) is 9.59 Å². The first-order chi connectivity index (χ1) is 13.9. The molecule has 1 N–H and O–H groups in total. The molecule has 0 radical (unpaired) electrons. The van der Waals surface area contributed by atoms with E-state index in [1.54, 1.807) is 4.90 Å². The van der Waals surface area contributed by atoms with Gasteiger partial charge in [-0.2, -0.15) is 13.2 Å². The second-order valence-corrected chi connectivity index (χ2v) is 8.28. The summed E-state index contributed by atoms with van der Waals surface area (Å²) in [6, 6.07) is 4.47. The number of likely N-dealkylation sites (tertiary alicyclic amines) is 1. The van der Waals surface area contributed by atoms with Crippen LogP contribution in [-0.4, -0.2) is 71.6 Å². The second-order valence-electron chi connectivity index (χ2n) is 8.28. The topological polar surface area (TPSA) is 79.3 Å². The molecule has 2 unspecified atom stereocenters. The molecule has 0 saturated carbocycles. The molecule has 166 valence electrons. The molecule has 10 heteroatoms. The number of alkyl halides is 3. The predicted molar refractivity (Wildman–Crippen MR) is 100 cm³/mol. The zero-order valence-corrected chi connectivity index (χ0v) is 16.8. The monoisotopic (exact) mass is 430 g/mol. The summed E-state index contributed by atoms with van der Waals surface area (Å²) in [5.41, 5.74) is -0.654. The molecule has 0 spiro atoms. The number of hydrogen-bond acceptors (Lipinski definition) is 4. The molecule has 0 bridgehead atoms. The summed E-state index contributed by atoms with van der Waals surface area (Å²) in [5.74, 6) is -0.344. The van der Waals surface area contributed by atoms with E-state index in [9.17, 15) is 22.8 Å². The van der Waals surface area contributed by atoms with Gasteiger partial charge >= 0.3 is 18.4 Å². The van der Waals surface area contributed by atoms with Crippen LogP contribution in [0.3, 0.4) is 0 Å². The molecular formula is C20H25F3N2O5. The summed E-state index contributed by atoms with van der Waals surface area (Å²) in [5, 5.41) is 9.01. The number of ether oxygens (including phenoxy) is 2. The van der Waals surface area contributed by atoms with Crippen molar-refractivity contribution in [3.63, 3.8) is 0 Å². The van der Waals surface area contributed by atoms with Crippen LogP contribution in [0, 0.1) is 0 Å². The lowest BCUT2D eigenvalue weighted by Gasteiger charge is -2.43. The number of carbonyl (C=O) groups excluding carboxylic acids is 1. The van der Waals surface area contributed by atoms with E-state index in [1.165, 1.54) is 17.0 Å². The molecular weight excluding hydrogens is 405 g/mol. The summed E-state index contributed by atoms with van der Waals surface area (Å²) < 4.78 is 49.1. The number of carboxylic acid groups (broad SMARTS) is 1. The maximum Gasteiger partial charge on any atom is 0.506 e.